The Hall–Kier alpha value is -3.07. The predicted molar refractivity (Wildman–Crippen MR) is 115 cm³/mol. The van der Waals surface area contributed by atoms with Crippen LogP contribution in [0, 0.1) is 33.1 Å². The molecule has 136 valence electrons. The van der Waals surface area contributed by atoms with Crippen LogP contribution >= 0.6 is 0 Å². The van der Waals surface area contributed by atoms with Crippen molar-refractivity contribution in [3.63, 3.8) is 0 Å². The molecule has 1 aromatic heterocycles. The number of benzene rings is 3. The predicted octanol–water partition coefficient (Wildman–Crippen LogP) is 5.36. The van der Waals surface area contributed by atoms with Gasteiger partial charge < -0.3 is 10.3 Å². The smallest absolute Gasteiger partial charge is 0.122 e. The van der Waals surface area contributed by atoms with Gasteiger partial charge in [-0.25, -0.2) is 0 Å². The summed E-state index contributed by atoms with van der Waals surface area (Å²) in [7, 11) is 0. The molecule has 3 nitrogen and oxygen atoms in total. The number of para-hydroxylation sites is 1. The van der Waals surface area contributed by atoms with Gasteiger partial charge in [0, 0.05) is 33.9 Å². The summed E-state index contributed by atoms with van der Waals surface area (Å²) in [5.41, 5.74) is 15.7. The number of aromatic nitrogens is 1. The Morgan fingerprint density at radius 1 is 0.852 bits per heavy atom. The quantitative estimate of drug-likeness (QED) is 0.377. The summed E-state index contributed by atoms with van der Waals surface area (Å²) in [5.74, 6) is 0.106. The highest BCUT2D eigenvalue weighted by molar-refractivity contribution is 6.10. The van der Waals surface area contributed by atoms with E-state index in [0.717, 1.165) is 17.5 Å². The van der Waals surface area contributed by atoms with E-state index in [9.17, 15) is 0 Å². The van der Waals surface area contributed by atoms with Crippen molar-refractivity contribution < 1.29 is 0 Å². The summed E-state index contributed by atoms with van der Waals surface area (Å²) in [6.07, 6.45) is 0. The molecule has 0 fully saturated rings. The molecule has 0 unspecified atom stereocenters. The number of rotatable bonds is 3. The zero-order valence-corrected chi connectivity index (χ0v) is 16.4. The van der Waals surface area contributed by atoms with E-state index in [1.165, 1.54) is 44.2 Å². The highest BCUT2D eigenvalue weighted by atomic mass is 15.0. The van der Waals surface area contributed by atoms with Crippen LogP contribution in [0.2, 0.25) is 0 Å². The van der Waals surface area contributed by atoms with Gasteiger partial charge in [0.05, 0.1) is 0 Å². The second kappa shape index (κ2) is 6.27. The summed E-state index contributed by atoms with van der Waals surface area (Å²) < 4.78 is 2.39. The number of nitrogens with zero attached hydrogens (tertiary/aromatic N) is 1. The number of aryl methyl sites for hydroxylation is 2. The zero-order chi connectivity index (χ0) is 19.3. The summed E-state index contributed by atoms with van der Waals surface area (Å²) in [6, 6.07) is 16.8. The number of hydrogen-bond acceptors (Lipinski definition) is 1. The van der Waals surface area contributed by atoms with Crippen LogP contribution in [0.1, 0.15) is 33.4 Å². The molecule has 4 aromatic rings. The minimum atomic E-state index is 0.106. The monoisotopic (exact) mass is 355 g/mol. The third-order valence-electron chi connectivity index (χ3n) is 5.92. The number of nitrogens with one attached hydrogen (secondary N) is 1. The van der Waals surface area contributed by atoms with Gasteiger partial charge in [-0.3, -0.25) is 5.41 Å². The Balaban J connectivity index is 2.01. The molecule has 0 aliphatic carbocycles. The third kappa shape index (κ3) is 2.71. The van der Waals surface area contributed by atoms with Gasteiger partial charge in [-0.1, -0.05) is 24.3 Å². The Labute approximate surface area is 159 Å². The van der Waals surface area contributed by atoms with E-state index in [0.29, 0.717) is 0 Å². The van der Waals surface area contributed by atoms with Crippen molar-refractivity contribution >= 4 is 27.6 Å². The van der Waals surface area contributed by atoms with E-state index in [-0.39, 0.29) is 5.84 Å². The van der Waals surface area contributed by atoms with E-state index >= 15 is 0 Å². The lowest BCUT2D eigenvalue weighted by Gasteiger charge is -2.17. The summed E-state index contributed by atoms with van der Waals surface area (Å²) in [5, 5.41) is 10.1. The molecule has 1 heterocycles. The SMILES string of the molecule is Cc1cc(C)c(C)c(Cn2c3ccccc3c3cc(C(=N)N)ccc32)c1C. The fourth-order valence-corrected chi connectivity index (χ4v) is 4.09. The standard InChI is InChI=1S/C24H25N3/c1-14-11-15(2)17(4)21(16(14)3)13-27-22-8-6-5-7-19(22)20-12-18(24(25)26)9-10-23(20)27/h5-12H,13H2,1-4H3,(H3,25,26). The zero-order valence-electron chi connectivity index (χ0n) is 16.4. The van der Waals surface area contributed by atoms with Gasteiger partial charge >= 0.3 is 0 Å². The molecule has 0 atom stereocenters. The van der Waals surface area contributed by atoms with Gasteiger partial charge in [-0.15, -0.1) is 0 Å². The molecule has 3 heteroatoms. The van der Waals surface area contributed by atoms with Crippen LogP contribution in [-0.2, 0) is 6.54 Å². The molecular weight excluding hydrogens is 330 g/mol. The van der Waals surface area contributed by atoms with E-state index in [2.05, 4.69) is 68.7 Å². The molecule has 3 N–H and O–H groups in total. The molecule has 0 bridgehead atoms. The number of amidine groups is 1. The van der Waals surface area contributed by atoms with Gasteiger partial charge in [0.15, 0.2) is 0 Å². The number of hydrogen-bond donors (Lipinski definition) is 2. The van der Waals surface area contributed by atoms with Gasteiger partial charge in [0.1, 0.15) is 5.84 Å². The van der Waals surface area contributed by atoms with E-state index in [1.54, 1.807) is 0 Å². The normalized spacial score (nSPS) is 11.4. The second-order valence-corrected chi connectivity index (χ2v) is 7.49. The van der Waals surface area contributed by atoms with Crippen LogP contribution in [0.25, 0.3) is 21.8 Å². The van der Waals surface area contributed by atoms with Crippen LogP contribution < -0.4 is 5.73 Å². The summed E-state index contributed by atoms with van der Waals surface area (Å²) in [6.45, 7) is 9.66. The Morgan fingerprint density at radius 3 is 2.15 bits per heavy atom. The minimum absolute atomic E-state index is 0.106. The molecule has 4 rings (SSSR count). The Kier molecular flexibility index (Phi) is 4.03. The first-order chi connectivity index (χ1) is 12.9. The minimum Gasteiger partial charge on any atom is -0.384 e. The average Bonchev–Trinajstić information content (AvgIpc) is 2.97. The number of nitrogens with two attached hydrogens (primary N) is 1. The molecule has 0 spiro atoms. The first-order valence-electron chi connectivity index (χ1n) is 9.30. The van der Waals surface area contributed by atoms with Crippen molar-refractivity contribution in [3.8, 4) is 0 Å². The molecule has 3 aromatic carbocycles. The van der Waals surface area contributed by atoms with Crippen molar-refractivity contribution in [2.75, 3.05) is 0 Å². The molecule has 27 heavy (non-hydrogen) atoms. The lowest BCUT2D eigenvalue weighted by molar-refractivity contribution is 0.848. The highest BCUT2D eigenvalue weighted by Gasteiger charge is 2.15. The largest absolute Gasteiger partial charge is 0.384 e. The van der Waals surface area contributed by atoms with Gasteiger partial charge in [-0.05, 0) is 79.8 Å². The van der Waals surface area contributed by atoms with Crippen molar-refractivity contribution in [2.24, 2.45) is 5.73 Å². The second-order valence-electron chi connectivity index (χ2n) is 7.49. The lowest BCUT2D eigenvalue weighted by Crippen LogP contribution is -2.10. The van der Waals surface area contributed by atoms with Crippen molar-refractivity contribution in [2.45, 2.75) is 34.2 Å². The van der Waals surface area contributed by atoms with Crippen LogP contribution in [0.15, 0.2) is 48.5 Å². The molecule has 0 radical (unpaired) electrons. The lowest BCUT2D eigenvalue weighted by atomic mass is 9.94. The average molecular weight is 355 g/mol. The molecular formula is C24H25N3. The van der Waals surface area contributed by atoms with E-state index < -0.39 is 0 Å². The molecule has 0 aliphatic rings. The van der Waals surface area contributed by atoms with E-state index in [4.69, 9.17) is 11.1 Å². The van der Waals surface area contributed by atoms with E-state index in [1.807, 2.05) is 12.1 Å². The Bertz CT molecular complexity index is 1190. The summed E-state index contributed by atoms with van der Waals surface area (Å²) in [4.78, 5) is 0. The summed E-state index contributed by atoms with van der Waals surface area (Å²) >= 11 is 0. The molecule has 0 aliphatic heterocycles. The number of nitrogen functional groups attached to an aromatic ring is 1. The Morgan fingerprint density at radius 2 is 1.48 bits per heavy atom. The van der Waals surface area contributed by atoms with Crippen LogP contribution in [-0.4, -0.2) is 10.4 Å². The van der Waals surface area contributed by atoms with Crippen molar-refractivity contribution in [1.82, 2.24) is 4.57 Å². The fourth-order valence-electron chi connectivity index (χ4n) is 4.09. The first kappa shape index (κ1) is 17.3. The highest BCUT2D eigenvalue weighted by Crippen LogP contribution is 2.32. The fraction of sp³-hybridized carbons (Fsp3) is 0.208. The maximum absolute atomic E-state index is 7.78. The maximum atomic E-state index is 7.78. The number of fused-ring (bicyclic) bond motifs is 3. The van der Waals surface area contributed by atoms with Crippen molar-refractivity contribution in [3.05, 3.63) is 81.9 Å². The van der Waals surface area contributed by atoms with Crippen LogP contribution in [0.5, 0.6) is 0 Å². The first-order valence-corrected chi connectivity index (χ1v) is 9.30. The topological polar surface area (TPSA) is 54.8 Å². The van der Waals surface area contributed by atoms with Crippen LogP contribution in [0.3, 0.4) is 0 Å². The van der Waals surface area contributed by atoms with Gasteiger partial charge in [0.25, 0.3) is 0 Å². The molecule has 0 saturated heterocycles. The van der Waals surface area contributed by atoms with Crippen LogP contribution in [0.4, 0.5) is 0 Å². The molecule has 0 amide bonds. The van der Waals surface area contributed by atoms with Gasteiger partial charge in [0.2, 0.25) is 0 Å². The maximum Gasteiger partial charge on any atom is 0.122 e. The van der Waals surface area contributed by atoms with Gasteiger partial charge in [-0.2, -0.15) is 0 Å². The van der Waals surface area contributed by atoms with Crippen molar-refractivity contribution in [1.29, 1.82) is 5.41 Å². The molecule has 0 saturated carbocycles. The third-order valence-corrected chi connectivity index (χ3v) is 5.92.